The van der Waals surface area contributed by atoms with Crippen LogP contribution in [0.1, 0.15) is 20.3 Å². The van der Waals surface area contributed by atoms with Crippen LogP contribution in [0.4, 0.5) is 5.13 Å². The van der Waals surface area contributed by atoms with Crippen molar-refractivity contribution in [3.8, 4) is 5.75 Å². The first-order valence-electron chi connectivity index (χ1n) is 7.48. The fourth-order valence-corrected chi connectivity index (χ4v) is 2.93. The van der Waals surface area contributed by atoms with Crippen LogP contribution in [0.3, 0.4) is 0 Å². The lowest BCUT2D eigenvalue weighted by Gasteiger charge is -2.11. The van der Waals surface area contributed by atoms with E-state index in [-0.39, 0.29) is 16.7 Å². The topological polar surface area (TPSA) is 60.5 Å². The van der Waals surface area contributed by atoms with Gasteiger partial charge in [0.1, 0.15) is 5.75 Å². The summed E-state index contributed by atoms with van der Waals surface area (Å²) >= 11 is 4.84. The number of rotatable bonds is 8. The van der Waals surface area contributed by atoms with Gasteiger partial charge in [-0.25, -0.2) is 4.98 Å². The molecule has 0 aliphatic heterocycles. The van der Waals surface area contributed by atoms with Crippen LogP contribution in [0.2, 0.25) is 0 Å². The average Bonchev–Trinajstić information content (AvgIpc) is 2.92. The van der Waals surface area contributed by atoms with E-state index in [1.165, 1.54) is 11.3 Å². The molecule has 0 aliphatic carbocycles. The normalized spacial score (nSPS) is 12.6. The summed E-state index contributed by atoms with van der Waals surface area (Å²) in [5, 5.41) is 3.46. The summed E-state index contributed by atoms with van der Waals surface area (Å²) in [7, 11) is 1.68. The van der Waals surface area contributed by atoms with E-state index in [1.54, 1.807) is 7.11 Å². The second-order valence-corrected chi connectivity index (χ2v) is 7.50. The summed E-state index contributed by atoms with van der Waals surface area (Å²) in [6, 6.07) is 5.74. The molecule has 0 radical (unpaired) electrons. The van der Waals surface area contributed by atoms with Crippen molar-refractivity contribution in [3.05, 3.63) is 18.2 Å². The summed E-state index contributed by atoms with van der Waals surface area (Å²) in [6.07, 6.45) is 0.848. The van der Waals surface area contributed by atoms with E-state index in [0.29, 0.717) is 18.3 Å². The zero-order valence-electron chi connectivity index (χ0n) is 13.5. The maximum absolute atomic E-state index is 12.1. The number of ether oxygens (including phenoxy) is 2. The third-order valence-electron chi connectivity index (χ3n) is 3.19. The van der Waals surface area contributed by atoms with Crippen LogP contribution >= 0.6 is 27.3 Å². The molecule has 1 aromatic heterocycles. The number of nitrogens with one attached hydrogen (secondary N) is 1. The van der Waals surface area contributed by atoms with E-state index in [1.807, 2.05) is 32.0 Å². The van der Waals surface area contributed by atoms with Gasteiger partial charge in [-0.05, 0) is 24.1 Å². The number of hydrogen-bond donors (Lipinski definition) is 1. The first kappa shape index (κ1) is 18.2. The summed E-state index contributed by atoms with van der Waals surface area (Å²) in [5.41, 5.74) is 0.852. The molecule has 7 heteroatoms. The van der Waals surface area contributed by atoms with E-state index in [9.17, 15) is 4.79 Å². The van der Waals surface area contributed by atoms with Crippen LogP contribution < -0.4 is 10.1 Å². The third kappa shape index (κ3) is 5.16. The summed E-state index contributed by atoms with van der Waals surface area (Å²) in [6.45, 7) is 5.28. The largest absolute Gasteiger partial charge is 0.493 e. The lowest BCUT2D eigenvalue weighted by Crippen LogP contribution is -2.26. The van der Waals surface area contributed by atoms with E-state index in [4.69, 9.17) is 9.47 Å². The Labute approximate surface area is 148 Å². The van der Waals surface area contributed by atoms with Crippen molar-refractivity contribution in [2.24, 2.45) is 5.92 Å². The number of methoxy groups -OCH3 is 1. The van der Waals surface area contributed by atoms with Crippen molar-refractivity contribution in [2.45, 2.75) is 25.1 Å². The van der Waals surface area contributed by atoms with Crippen molar-refractivity contribution in [3.63, 3.8) is 0 Å². The molecule has 2 rings (SSSR count). The maximum Gasteiger partial charge on any atom is 0.240 e. The van der Waals surface area contributed by atoms with Crippen LogP contribution in [-0.4, -0.2) is 36.0 Å². The standard InChI is InChI=1S/C16H21BrN2O3S/c1-10(2)14(17)15(20)19-16-18-12-6-5-11(9-13(12)23-16)22-8-4-7-21-3/h5-6,9-10,14H,4,7-8H2,1-3H3,(H,18,19,20)/t14-/m1/s1. The molecule has 5 nitrogen and oxygen atoms in total. The van der Waals surface area contributed by atoms with Crippen molar-refractivity contribution < 1.29 is 14.3 Å². The quantitative estimate of drug-likeness (QED) is 0.535. The number of hydrogen-bond acceptors (Lipinski definition) is 5. The van der Waals surface area contributed by atoms with Crippen LogP contribution in [0, 0.1) is 5.92 Å². The molecule has 1 atom stereocenters. The number of halogens is 1. The Kier molecular flexibility index (Phi) is 6.80. The van der Waals surface area contributed by atoms with E-state index in [2.05, 4.69) is 26.2 Å². The smallest absolute Gasteiger partial charge is 0.240 e. The lowest BCUT2D eigenvalue weighted by atomic mass is 10.1. The van der Waals surface area contributed by atoms with Crippen LogP contribution in [0.15, 0.2) is 18.2 Å². The molecule has 0 unspecified atom stereocenters. The monoisotopic (exact) mass is 400 g/mol. The van der Waals surface area contributed by atoms with Gasteiger partial charge in [0.2, 0.25) is 5.91 Å². The van der Waals surface area contributed by atoms with Crippen molar-refractivity contribution in [2.75, 3.05) is 25.6 Å². The molecule has 2 aromatic rings. The van der Waals surface area contributed by atoms with Gasteiger partial charge in [-0.3, -0.25) is 4.79 Å². The second-order valence-electron chi connectivity index (χ2n) is 5.48. The zero-order valence-corrected chi connectivity index (χ0v) is 15.9. The van der Waals surface area contributed by atoms with Gasteiger partial charge in [0.15, 0.2) is 5.13 Å². The van der Waals surface area contributed by atoms with Crippen molar-refractivity contribution in [1.82, 2.24) is 4.98 Å². The van der Waals surface area contributed by atoms with E-state index >= 15 is 0 Å². The van der Waals surface area contributed by atoms with Crippen molar-refractivity contribution in [1.29, 1.82) is 0 Å². The Morgan fingerprint density at radius 2 is 2.17 bits per heavy atom. The van der Waals surface area contributed by atoms with Crippen LogP contribution in [0.5, 0.6) is 5.75 Å². The summed E-state index contributed by atoms with van der Waals surface area (Å²) in [5.74, 6) is 0.947. The number of anilines is 1. The molecule has 126 valence electrons. The fourth-order valence-electron chi connectivity index (χ4n) is 1.92. The highest BCUT2D eigenvalue weighted by Gasteiger charge is 2.19. The van der Waals surface area contributed by atoms with Crippen LogP contribution in [0.25, 0.3) is 10.2 Å². The first-order chi connectivity index (χ1) is 11.0. The minimum absolute atomic E-state index is 0.0740. The molecule has 0 bridgehead atoms. The predicted molar refractivity (Wildman–Crippen MR) is 97.8 cm³/mol. The number of carbonyl (C=O) groups is 1. The molecule has 0 spiro atoms. The van der Waals surface area contributed by atoms with Crippen molar-refractivity contribution >= 4 is 48.5 Å². The number of thiazole rings is 1. The number of carbonyl (C=O) groups excluding carboxylic acids is 1. The van der Waals surface area contributed by atoms with Gasteiger partial charge >= 0.3 is 0 Å². The Morgan fingerprint density at radius 3 is 2.87 bits per heavy atom. The lowest BCUT2D eigenvalue weighted by molar-refractivity contribution is -0.116. The molecule has 0 saturated carbocycles. The number of nitrogens with zero attached hydrogens (tertiary/aromatic N) is 1. The summed E-state index contributed by atoms with van der Waals surface area (Å²) in [4.78, 5) is 16.3. The molecule has 1 amide bonds. The number of alkyl halides is 1. The molecule has 0 saturated heterocycles. The molecular formula is C16H21BrN2O3S. The Hall–Kier alpha value is -1.18. The highest BCUT2D eigenvalue weighted by molar-refractivity contribution is 9.10. The fraction of sp³-hybridized carbons (Fsp3) is 0.500. The molecule has 23 heavy (non-hydrogen) atoms. The molecule has 0 fully saturated rings. The number of aromatic nitrogens is 1. The van der Waals surface area contributed by atoms with E-state index < -0.39 is 0 Å². The van der Waals surface area contributed by atoms with E-state index in [0.717, 1.165) is 22.4 Å². The van der Waals surface area contributed by atoms with Gasteiger partial charge in [-0.15, -0.1) is 0 Å². The Balaban J connectivity index is 2.02. The molecule has 1 N–H and O–H groups in total. The zero-order chi connectivity index (χ0) is 16.8. The first-order valence-corrected chi connectivity index (χ1v) is 9.21. The average molecular weight is 401 g/mol. The number of fused-ring (bicyclic) bond motifs is 1. The second kappa shape index (κ2) is 8.61. The van der Waals surface area contributed by atoms with Gasteiger partial charge in [-0.2, -0.15) is 0 Å². The number of benzene rings is 1. The highest BCUT2D eigenvalue weighted by atomic mass is 79.9. The van der Waals surface area contributed by atoms with Gasteiger partial charge in [0.05, 0.1) is 21.7 Å². The third-order valence-corrected chi connectivity index (χ3v) is 5.59. The maximum atomic E-state index is 12.1. The van der Waals surface area contributed by atoms with Gasteiger partial charge in [0, 0.05) is 20.1 Å². The van der Waals surface area contributed by atoms with Crippen LogP contribution in [-0.2, 0) is 9.53 Å². The molecule has 1 aromatic carbocycles. The molecule has 0 aliphatic rings. The Morgan fingerprint density at radius 1 is 1.39 bits per heavy atom. The SMILES string of the molecule is COCCCOc1ccc2nc(NC(=O)[C@H](Br)C(C)C)sc2c1. The predicted octanol–water partition coefficient (Wildman–Crippen LogP) is 4.07. The highest BCUT2D eigenvalue weighted by Crippen LogP contribution is 2.30. The minimum Gasteiger partial charge on any atom is -0.493 e. The number of amides is 1. The Bertz CT molecular complexity index is 660. The molecular weight excluding hydrogens is 380 g/mol. The molecule has 1 heterocycles. The minimum atomic E-state index is -0.228. The van der Waals surface area contributed by atoms with Gasteiger partial charge in [-0.1, -0.05) is 41.1 Å². The van der Waals surface area contributed by atoms with Gasteiger partial charge < -0.3 is 14.8 Å². The van der Waals surface area contributed by atoms with Gasteiger partial charge in [0.25, 0.3) is 0 Å². The summed E-state index contributed by atoms with van der Waals surface area (Å²) < 4.78 is 11.7.